The first-order valence-electron chi connectivity index (χ1n) is 11.5. The van der Waals surface area contributed by atoms with Crippen molar-refractivity contribution in [2.45, 2.75) is 6.92 Å². The van der Waals surface area contributed by atoms with E-state index >= 15 is 0 Å². The largest absolute Gasteiger partial charge is 0.422 e. The topological polar surface area (TPSA) is 57.0 Å². The summed E-state index contributed by atoms with van der Waals surface area (Å²) in [6, 6.07) is 33.2. The van der Waals surface area contributed by atoms with E-state index in [9.17, 15) is 4.79 Å². The average Bonchev–Trinajstić information content (AvgIpc) is 3.55. The third kappa shape index (κ3) is 4.19. The molecular weight excluding hydrogens is 466 g/mol. The van der Waals surface area contributed by atoms with Crippen molar-refractivity contribution in [2.24, 2.45) is 0 Å². The number of para-hydroxylation sites is 3. The van der Waals surface area contributed by atoms with Crippen molar-refractivity contribution >= 4 is 27.5 Å². The number of esters is 1. The second kappa shape index (κ2) is 9.24. The zero-order valence-corrected chi connectivity index (χ0v) is 20.3. The summed E-state index contributed by atoms with van der Waals surface area (Å²) in [6.45, 7) is 2.02. The Morgan fingerprint density at radius 1 is 0.861 bits per heavy atom. The molecule has 0 N–H and O–H groups in total. The highest BCUT2D eigenvalue weighted by atomic mass is 32.1. The molecule has 4 aromatic carbocycles. The molecule has 2 aromatic heterocycles. The second-order valence-electron chi connectivity index (χ2n) is 8.41. The summed E-state index contributed by atoms with van der Waals surface area (Å²) >= 11 is 1.57. The van der Waals surface area contributed by atoms with Gasteiger partial charge in [-0.25, -0.2) is 14.5 Å². The van der Waals surface area contributed by atoms with Gasteiger partial charge in [-0.2, -0.15) is 5.10 Å². The summed E-state index contributed by atoms with van der Waals surface area (Å²) in [4.78, 5) is 18.4. The molecular formula is C30H21N3O2S. The molecule has 0 bridgehead atoms. The quantitative estimate of drug-likeness (QED) is 0.188. The Morgan fingerprint density at radius 3 is 2.47 bits per heavy atom. The smallest absolute Gasteiger partial charge is 0.347 e. The predicted molar refractivity (Wildman–Crippen MR) is 144 cm³/mol. The van der Waals surface area contributed by atoms with Crippen LogP contribution < -0.4 is 4.74 Å². The van der Waals surface area contributed by atoms with Crippen molar-refractivity contribution in [3.8, 4) is 33.3 Å². The van der Waals surface area contributed by atoms with Gasteiger partial charge in [-0.15, -0.1) is 11.3 Å². The van der Waals surface area contributed by atoms with Crippen LogP contribution in [0.15, 0.2) is 109 Å². The highest BCUT2D eigenvalue weighted by molar-refractivity contribution is 7.21. The van der Waals surface area contributed by atoms with Gasteiger partial charge >= 0.3 is 5.97 Å². The van der Waals surface area contributed by atoms with E-state index in [0.29, 0.717) is 17.0 Å². The summed E-state index contributed by atoms with van der Waals surface area (Å²) in [6.07, 6.45) is 1.73. The molecule has 0 aliphatic carbocycles. The highest BCUT2D eigenvalue weighted by Gasteiger charge is 2.22. The van der Waals surface area contributed by atoms with Gasteiger partial charge in [0, 0.05) is 11.8 Å². The molecule has 6 rings (SSSR count). The summed E-state index contributed by atoms with van der Waals surface area (Å²) in [5.41, 5.74) is 5.47. The Morgan fingerprint density at radius 2 is 1.64 bits per heavy atom. The molecule has 5 nitrogen and oxygen atoms in total. The minimum atomic E-state index is -0.470. The average molecular weight is 488 g/mol. The summed E-state index contributed by atoms with van der Waals surface area (Å²) in [5.74, 6) is -0.00791. The number of thiazole rings is 1. The lowest BCUT2D eigenvalue weighted by molar-refractivity contribution is 0.0736. The van der Waals surface area contributed by atoms with Gasteiger partial charge in [-0.05, 0) is 49.4 Å². The summed E-state index contributed by atoms with van der Waals surface area (Å²) in [5, 5.41) is 5.57. The maximum absolute atomic E-state index is 13.6. The van der Waals surface area contributed by atoms with E-state index < -0.39 is 5.97 Å². The molecule has 174 valence electrons. The third-order valence-corrected chi connectivity index (χ3v) is 6.93. The zero-order chi connectivity index (χ0) is 24.5. The Labute approximate surface area is 212 Å². The van der Waals surface area contributed by atoms with Crippen LogP contribution >= 0.6 is 11.3 Å². The maximum atomic E-state index is 13.6. The Bertz CT molecular complexity index is 1670. The molecule has 0 saturated heterocycles. The number of carbonyl (C=O) groups is 1. The molecule has 6 heteroatoms. The Hall–Kier alpha value is -4.55. The molecule has 6 aromatic rings. The number of rotatable bonds is 5. The third-order valence-electron chi connectivity index (χ3n) is 5.86. The van der Waals surface area contributed by atoms with E-state index in [1.54, 1.807) is 28.3 Å². The molecule has 0 radical (unpaired) electrons. The lowest BCUT2D eigenvalue weighted by Gasteiger charge is -2.08. The normalized spacial score (nSPS) is 11.0. The van der Waals surface area contributed by atoms with E-state index in [1.165, 1.54) is 0 Å². The number of aromatic nitrogens is 3. The van der Waals surface area contributed by atoms with Gasteiger partial charge in [0.2, 0.25) is 0 Å². The first-order chi connectivity index (χ1) is 17.7. The maximum Gasteiger partial charge on any atom is 0.347 e. The van der Waals surface area contributed by atoms with Crippen molar-refractivity contribution in [1.29, 1.82) is 0 Å². The van der Waals surface area contributed by atoms with Gasteiger partial charge in [0.05, 0.1) is 21.5 Å². The molecule has 0 saturated carbocycles. The minimum Gasteiger partial charge on any atom is -0.422 e. The lowest BCUT2D eigenvalue weighted by Crippen LogP contribution is -2.09. The number of hydrogen-bond acceptors (Lipinski definition) is 5. The predicted octanol–water partition coefficient (Wildman–Crippen LogP) is 7.34. The van der Waals surface area contributed by atoms with Crippen LogP contribution in [-0.4, -0.2) is 20.7 Å². The summed E-state index contributed by atoms with van der Waals surface area (Å²) in [7, 11) is 0. The second-order valence-corrected chi connectivity index (χ2v) is 9.44. The number of hydrogen-bond donors (Lipinski definition) is 0. The van der Waals surface area contributed by atoms with Crippen LogP contribution in [0.5, 0.6) is 5.75 Å². The minimum absolute atomic E-state index is 0.392. The monoisotopic (exact) mass is 487 g/mol. The molecule has 0 unspecified atom stereocenters. The van der Waals surface area contributed by atoms with Gasteiger partial charge in [0.1, 0.15) is 22.0 Å². The van der Waals surface area contributed by atoms with Crippen molar-refractivity contribution in [1.82, 2.24) is 14.8 Å². The standard InChI is InChI=1S/C30H21N3O2S/c1-20-10-9-11-21(18-20)28-24(19-33(32-28)22-12-3-2-4-13-22)30(34)35-26-16-7-5-14-23(26)29-31-25-15-6-8-17-27(25)36-29/h2-19H,1H3. The molecule has 36 heavy (non-hydrogen) atoms. The van der Waals surface area contributed by atoms with Gasteiger partial charge in [0.25, 0.3) is 0 Å². The van der Waals surface area contributed by atoms with Crippen LogP contribution in [0.2, 0.25) is 0 Å². The lowest BCUT2D eigenvalue weighted by atomic mass is 10.1. The SMILES string of the molecule is Cc1cccc(-c2nn(-c3ccccc3)cc2C(=O)Oc2ccccc2-c2nc3ccccc3s2)c1. The number of carbonyl (C=O) groups excluding carboxylic acids is 1. The number of aryl methyl sites for hydroxylation is 1. The molecule has 2 heterocycles. The zero-order valence-electron chi connectivity index (χ0n) is 19.5. The molecule has 0 aliphatic heterocycles. The summed E-state index contributed by atoms with van der Waals surface area (Å²) < 4.78 is 8.80. The van der Waals surface area contributed by atoms with E-state index in [4.69, 9.17) is 14.8 Å². The molecule has 0 aliphatic rings. The molecule has 0 fully saturated rings. The van der Waals surface area contributed by atoms with Gasteiger partial charge in [-0.3, -0.25) is 0 Å². The molecule has 0 spiro atoms. The van der Waals surface area contributed by atoms with Crippen LogP contribution in [0.3, 0.4) is 0 Å². The van der Waals surface area contributed by atoms with Crippen LogP contribution in [-0.2, 0) is 0 Å². The van der Waals surface area contributed by atoms with Crippen molar-refractivity contribution in [3.05, 3.63) is 120 Å². The fraction of sp³-hybridized carbons (Fsp3) is 0.0333. The van der Waals surface area contributed by atoms with Crippen molar-refractivity contribution in [3.63, 3.8) is 0 Å². The van der Waals surface area contributed by atoms with Crippen LogP contribution in [0.1, 0.15) is 15.9 Å². The van der Waals surface area contributed by atoms with Gasteiger partial charge < -0.3 is 4.74 Å². The first-order valence-corrected chi connectivity index (χ1v) is 12.4. The fourth-order valence-corrected chi connectivity index (χ4v) is 5.11. The van der Waals surface area contributed by atoms with Gasteiger partial charge in [0.15, 0.2) is 0 Å². The Kier molecular flexibility index (Phi) is 5.64. The van der Waals surface area contributed by atoms with E-state index in [1.807, 2.05) is 104 Å². The van der Waals surface area contributed by atoms with Crippen LogP contribution in [0.25, 0.3) is 37.7 Å². The van der Waals surface area contributed by atoms with Crippen LogP contribution in [0.4, 0.5) is 0 Å². The Balaban J connectivity index is 1.41. The number of ether oxygens (including phenoxy) is 1. The van der Waals surface area contributed by atoms with Gasteiger partial charge in [-0.1, -0.05) is 66.2 Å². The number of benzene rings is 4. The van der Waals surface area contributed by atoms with Crippen molar-refractivity contribution in [2.75, 3.05) is 0 Å². The number of nitrogens with zero attached hydrogens (tertiary/aromatic N) is 3. The van der Waals surface area contributed by atoms with E-state index in [-0.39, 0.29) is 0 Å². The van der Waals surface area contributed by atoms with E-state index in [2.05, 4.69) is 0 Å². The fourth-order valence-electron chi connectivity index (χ4n) is 4.12. The van der Waals surface area contributed by atoms with E-state index in [0.717, 1.165) is 37.6 Å². The highest BCUT2D eigenvalue weighted by Crippen LogP contribution is 2.36. The van der Waals surface area contributed by atoms with Crippen LogP contribution in [0, 0.1) is 6.92 Å². The van der Waals surface area contributed by atoms with Crippen molar-refractivity contribution < 1.29 is 9.53 Å². The number of fused-ring (bicyclic) bond motifs is 1. The molecule has 0 atom stereocenters. The first kappa shape index (κ1) is 21.9. The molecule has 0 amide bonds.